The zero-order valence-electron chi connectivity index (χ0n) is 17.7. The van der Waals surface area contributed by atoms with E-state index in [1.165, 1.54) is 30.1 Å². The highest BCUT2D eigenvalue weighted by atomic mass is 32.2. The maximum atomic E-state index is 13.3. The number of rotatable bonds is 8. The molecule has 0 saturated heterocycles. The van der Waals surface area contributed by atoms with Crippen LogP contribution in [0.5, 0.6) is 0 Å². The van der Waals surface area contributed by atoms with Crippen molar-refractivity contribution in [3.8, 4) is 11.8 Å². The van der Waals surface area contributed by atoms with Crippen molar-refractivity contribution in [2.75, 3.05) is 6.54 Å². The molecule has 1 amide bonds. The third-order valence-electron chi connectivity index (χ3n) is 4.82. The summed E-state index contributed by atoms with van der Waals surface area (Å²) in [7, 11) is -4.26. The molecule has 3 aromatic rings. The highest BCUT2D eigenvalue weighted by Gasteiger charge is 2.35. The molecule has 0 radical (unpaired) electrons. The van der Waals surface area contributed by atoms with E-state index in [4.69, 9.17) is 5.21 Å². The van der Waals surface area contributed by atoms with Crippen LogP contribution in [0.3, 0.4) is 0 Å². The SMILES string of the molecule is Cc1ccc(C#Cc2ccc(S(=O)(=O)N(CCn3ccnc3)[C@@H](C=O)C(=O)NO)cc2)cc1. The van der Waals surface area contributed by atoms with Crippen LogP contribution in [0, 0.1) is 18.8 Å². The average Bonchev–Trinajstić information content (AvgIpc) is 3.34. The number of hydrogen-bond acceptors (Lipinski definition) is 6. The van der Waals surface area contributed by atoms with Gasteiger partial charge in [-0.25, -0.2) is 18.9 Å². The fraction of sp³-hybridized carbons (Fsp3) is 0.174. The number of hydrogen-bond donors (Lipinski definition) is 2. The number of carbonyl (C=O) groups is 2. The molecular formula is C23H22N4O5S. The van der Waals surface area contributed by atoms with Gasteiger partial charge in [-0.05, 0) is 43.3 Å². The second-order valence-corrected chi connectivity index (χ2v) is 9.00. The Morgan fingerprint density at radius 2 is 1.76 bits per heavy atom. The van der Waals surface area contributed by atoms with Gasteiger partial charge in [-0.15, -0.1) is 0 Å². The first kappa shape index (κ1) is 23.9. The summed E-state index contributed by atoms with van der Waals surface area (Å²) in [5.74, 6) is 4.83. The van der Waals surface area contributed by atoms with Gasteiger partial charge >= 0.3 is 0 Å². The first-order chi connectivity index (χ1) is 15.8. The van der Waals surface area contributed by atoms with Gasteiger partial charge in [0.25, 0.3) is 5.91 Å². The Morgan fingerprint density at radius 3 is 2.27 bits per heavy atom. The third kappa shape index (κ3) is 5.93. The van der Waals surface area contributed by atoms with Gasteiger partial charge in [-0.2, -0.15) is 4.31 Å². The maximum Gasteiger partial charge on any atom is 0.269 e. The number of nitrogens with one attached hydrogen (secondary N) is 1. The quantitative estimate of drug-likeness (QED) is 0.170. The van der Waals surface area contributed by atoms with Gasteiger partial charge in [0.2, 0.25) is 10.0 Å². The molecular weight excluding hydrogens is 444 g/mol. The van der Waals surface area contributed by atoms with Crippen molar-refractivity contribution >= 4 is 22.2 Å². The Bertz CT molecular complexity index is 1260. The van der Waals surface area contributed by atoms with E-state index >= 15 is 0 Å². The highest BCUT2D eigenvalue weighted by molar-refractivity contribution is 7.89. The molecule has 0 aliphatic heterocycles. The van der Waals surface area contributed by atoms with Crippen LogP contribution in [0.4, 0.5) is 0 Å². The number of sulfonamides is 1. The molecule has 0 saturated carbocycles. The number of amides is 1. The largest absolute Gasteiger partial charge is 0.336 e. The Kier molecular flexibility index (Phi) is 7.74. The van der Waals surface area contributed by atoms with Crippen LogP contribution in [-0.2, 0) is 26.2 Å². The monoisotopic (exact) mass is 466 g/mol. The van der Waals surface area contributed by atoms with Crippen LogP contribution in [0.15, 0.2) is 72.1 Å². The molecule has 0 fully saturated rings. The summed E-state index contributed by atoms with van der Waals surface area (Å²) in [5, 5.41) is 8.97. The standard InChI is InChI=1S/C23H22N4O5S/c1-18-2-4-19(5-3-18)6-7-20-8-10-21(11-9-20)33(31,32)27(22(16-28)23(29)25-30)15-14-26-13-12-24-17-26/h2-5,8-13,16-17,22,30H,14-15H2,1H3,(H,25,29)/t22-/m0/s1. The molecule has 0 aliphatic rings. The minimum atomic E-state index is -4.26. The van der Waals surface area contributed by atoms with Crippen LogP contribution in [0.25, 0.3) is 0 Å². The van der Waals surface area contributed by atoms with Crippen molar-refractivity contribution in [3.63, 3.8) is 0 Å². The molecule has 170 valence electrons. The molecule has 2 N–H and O–H groups in total. The summed E-state index contributed by atoms with van der Waals surface area (Å²) >= 11 is 0. The predicted octanol–water partition coefficient (Wildman–Crippen LogP) is 1.36. The van der Waals surface area contributed by atoms with Crippen molar-refractivity contribution in [2.24, 2.45) is 0 Å². The van der Waals surface area contributed by atoms with Crippen LogP contribution in [0.1, 0.15) is 16.7 Å². The second kappa shape index (κ2) is 10.7. The van der Waals surface area contributed by atoms with E-state index in [0.29, 0.717) is 5.56 Å². The predicted molar refractivity (Wildman–Crippen MR) is 120 cm³/mol. The lowest BCUT2D eigenvalue weighted by molar-refractivity contribution is -0.135. The van der Waals surface area contributed by atoms with E-state index < -0.39 is 22.0 Å². The first-order valence-corrected chi connectivity index (χ1v) is 11.3. The van der Waals surface area contributed by atoms with E-state index in [1.54, 1.807) is 22.9 Å². The van der Waals surface area contributed by atoms with Crippen molar-refractivity contribution in [1.82, 2.24) is 19.3 Å². The lowest BCUT2D eigenvalue weighted by atomic mass is 10.1. The lowest BCUT2D eigenvalue weighted by Gasteiger charge is -2.26. The van der Waals surface area contributed by atoms with Gasteiger partial charge in [-0.1, -0.05) is 29.5 Å². The number of aldehydes is 1. The van der Waals surface area contributed by atoms with Gasteiger partial charge in [0, 0.05) is 36.6 Å². The van der Waals surface area contributed by atoms with Gasteiger partial charge in [0.15, 0.2) is 6.04 Å². The Morgan fingerprint density at radius 1 is 1.15 bits per heavy atom. The van der Waals surface area contributed by atoms with Crippen molar-refractivity contribution < 1.29 is 23.2 Å². The maximum absolute atomic E-state index is 13.3. The summed E-state index contributed by atoms with van der Waals surface area (Å²) in [6.45, 7) is 1.92. The number of aryl methyl sites for hydroxylation is 1. The van der Waals surface area contributed by atoms with E-state index in [0.717, 1.165) is 15.4 Å². The molecule has 33 heavy (non-hydrogen) atoms. The van der Waals surface area contributed by atoms with E-state index in [9.17, 15) is 18.0 Å². The molecule has 0 unspecified atom stereocenters. The molecule has 1 atom stereocenters. The molecule has 0 spiro atoms. The molecule has 9 nitrogen and oxygen atoms in total. The van der Waals surface area contributed by atoms with Crippen molar-refractivity contribution in [3.05, 3.63) is 83.9 Å². The van der Waals surface area contributed by atoms with Crippen molar-refractivity contribution in [1.29, 1.82) is 0 Å². The van der Waals surface area contributed by atoms with Gasteiger partial charge in [-0.3, -0.25) is 10.0 Å². The molecule has 3 rings (SSSR count). The average molecular weight is 467 g/mol. The molecule has 0 bridgehead atoms. The van der Waals surface area contributed by atoms with Gasteiger partial charge in [0.1, 0.15) is 6.29 Å². The topological polar surface area (TPSA) is 122 Å². The van der Waals surface area contributed by atoms with Crippen LogP contribution in [-0.4, -0.2) is 52.3 Å². The number of imidazole rings is 1. The normalized spacial score (nSPS) is 12.0. The summed E-state index contributed by atoms with van der Waals surface area (Å²) in [4.78, 5) is 27.3. The van der Waals surface area contributed by atoms with Crippen LogP contribution >= 0.6 is 0 Å². The summed E-state index contributed by atoms with van der Waals surface area (Å²) in [6, 6.07) is 11.7. The van der Waals surface area contributed by atoms with Gasteiger partial charge in [0.05, 0.1) is 11.2 Å². The zero-order valence-corrected chi connectivity index (χ0v) is 18.6. The van der Waals surface area contributed by atoms with Crippen molar-refractivity contribution in [2.45, 2.75) is 24.4 Å². The van der Waals surface area contributed by atoms with Gasteiger partial charge < -0.3 is 9.36 Å². The van der Waals surface area contributed by atoms with E-state index in [2.05, 4.69) is 16.8 Å². The molecule has 2 aromatic carbocycles. The third-order valence-corrected chi connectivity index (χ3v) is 6.71. The molecule has 10 heteroatoms. The fourth-order valence-electron chi connectivity index (χ4n) is 3.00. The minimum Gasteiger partial charge on any atom is -0.336 e. The summed E-state index contributed by atoms with van der Waals surface area (Å²) in [5.41, 5.74) is 3.89. The Balaban J connectivity index is 1.87. The number of nitrogens with zero attached hydrogens (tertiary/aromatic N) is 3. The summed E-state index contributed by atoms with van der Waals surface area (Å²) < 4.78 is 28.9. The van der Waals surface area contributed by atoms with Crippen LogP contribution in [0.2, 0.25) is 0 Å². The number of benzene rings is 2. The highest BCUT2D eigenvalue weighted by Crippen LogP contribution is 2.19. The first-order valence-electron chi connectivity index (χ1n) is 9.90. The van der Waals surface area contributed by atoms with E-state index in [1.807, 2.05) is 31.2 Å². The number of hydroxylamine groups is 1. The van der Waals surface area contributed by atoms with E-state index in [-0.39, 0.29) is 24.3 Å². The molecule has 1 heterocycles. The minimum absolute atomic E-state index is 0.119. The molecule has 0 aliphatic carbocycles. The Hall–Kier alpha value is -3.78. The fourth-order valence-corrected chi connectivity index (χ4v) is 4.51. The smallest absolute Gasteiger partial charge is 0.269 e. The van der Waals surface area contributed by atoms with Crippen LogP contribution < -0.4 is 5.48 Å². The second-order valence-electron chi connectivity index (χ2n) is 7.11. The summed E-state index contributed by atoms with van der Waals surface area (Å²) in [6.07, 6.45) is 4.79. The number of carbonyl (C=O) groups excluding carboxylic acids is 2. The Labute approximate surface area is 191 Å². The lowest BCUT2D eigenvalue weighted by Crippen LogP contribution is -2.50. The number of aromatic nitrogens is 2. The zero-order chi connectivity index (χ0) is 23.8. The molecule has 1 aromatic heterocycles.